The number of aryl methyl sites for hydroxylation is 1. The van der Waals surface area contributed by atoms with Crippen molar-refractivity contribution >= 4 is 45.2 Å². The second-order valence-electron chi connectivity index (χ2n) is 4.18. The molecule has 0 bridgehead atoms. The van der Waals surface area contributed by atoms with E-state index in [1.807, 2.05) is 12.1 Å². The fourth-order valence-electron chi connectivity index (χ4n) is 1.81. The first-order valence-electron chi connectivity index (χ1n) is 6.27. The second-order valence-corrected chi connectivity index (χ2v) is 6.41. The highest BCUT2D eigenvalue weighted by Gasteiger charge is 2.10. The smallest absolute Gasteiger partial charge is 0.219 e. The summed E-state index contributed by atoms with van der Waals surface area (Å²) in [6, 6.07) is 15.0. The summed E-state index contributed by atoms with van der Waals surface area (Å²) in [6.07, 6.45) is 0.833. The topological polar surface area (TPSA) is 65.8 Å². The maximum Gasteiger partial charge on any atom is 0.219 e. The number of hydrogen-bond donors (Lipinski definition) is 0. The van der Waals surface area contributed by atoms with Crippen molar-refractivity contribution in [2.24, 2.45) is 5.11 Å². The molecule has 0 amide bonds. The molecule has 0 heterocycles. The van der Waals surface area contributed by atoms with Crippen LogP contribution in [0.2, 0.25) is 0 Å². The maximum absolute atomic E-state index is 12.2. The fourth-order valence-corrected chi connectivity index (χ4v) is 3.31. The monoisotopic (exact) mass is 409 g/mol. The van der Waals surface area contributed by atoms with Crippen molar-refractivity contribution in [2.45, 2.75) is 6.42 Å². The third-order valence-electron chi connectivity index (χ3n) is 2.84. The van der Waals surface area contributed by atoms with Crippen molar-refractivity contribution in [3.8, 4) is 0 Å². The van der Waals surface area contributed by atoms with Gasteiger partial charge in [0.15, 0.2) is 0 Å². The van der Waals surface area contributed by atoms with Gasteiger partial charge in [-0.3, -0.25) is 4.79 Å². The van der Waals surface area contributed by atoms with Crippen LogP contribution >= 0.6 is 34.4 Å². The highest BCUT2D eigenvalue weighted by Crippen LogP contribution is 2.24. The third-order valence-corrected chi connectivity index (χ3v) is 4.78. The molecule has 2 aromatic carbocycles. The van der Waals surface area contributed by atoms with Gasteiger partial charge in [0.25, 0.3) is 0 Å². The lowest BCUT2D eigenvalue weighted by Gasteiger charge is -2.05. The van der Waals surface area contributed by atoms with Crippen molar-refractivity contribution in [2.75, 3.05) is 5.75 Å². The van der Waals surface area contributed by atoms with Crippen molar-refractivity contribution < 1.29 is 4.79 Å². The number of carbonyl (C=O) groups is 1. The summed E-state index contributed by atoms with van der Waals surface area (Å²) in [6.45, 7) is 0. The molecule has 0 aromatic heterocycles. The number of thioether (sulfide) groups is 1. The van der Waals surface area contributed by atoms with Gasteiger partial charge >= 0.3 is 0 Å². The molecule has 0 aliphatic rings. The summed E-state index contributed by atoms with van der Waals surface area (Å²) >= 11 is 3.54. The lowest BCUT2D eigenvalue weighted by molar-refractivity contribution is 0.108. The minimum Gasteiger partial charge on any atom is -0.282 e. The molecule has 0 unspecified atom stereocenters. The Balaban J connectivity index is 2.00. The zero-order chi connectivity index (χ0) is 15.1. The predicted molar refractivity (Wildman–Crippen MR) is 94.9 cm³/mol. The normalized spacial score (nSPS) is 9.95. The first kappa shape index (κ1) is 15.9. The number of halogens is 1. The Morgan fingerprint density at radius 1 is 1.19 bits per heavy atom. The number of hydrogen-bond acceptors (Lipinski definition) is 3. The van der Waals surface area contributed by atoms with E-state index in [0.29, 0.717) is 17.0 Å². The molecule has 21 heavy (non-hydrogen) atoms. The molecule has 6 heteroatoms. The molecular weight excluding hydrogens is 397 g/mol. The second kappa shape index (κ2) is 8.07. The van der Waals surface area contributed by atoms with Gasteiger partial charge in [-0.25, -0.2) is 0 Å². The average molecular weight is 409 g/mol. The van der Waals surface area contributed by atoms with Gasteiger partial charge in [0.05, 0.1) is 0 Å². The van der Waals surface area contributed by atoms with Crippen LogP contribution in [0.15, 0.2) is 53.6 Å². The van der Waals surface area contributed by atoms with E-state index in [2.05, 4.69) is 44.7 Å². The van der Waals surface area contributed by atoms with Crippen molar-refractivity contribution in [3.05, 3.63) is 73.7 Å². The zero-order valence-corrected chi connectivity index (χ0v) is 14.0. The van der Waals surface area contributed by atoms with E-state index in [1.54, 1.807) is 24.3 Å². The quantitative estimate of drug-likeness (QED) is 0.289. The van der Waals surface area contributed by atoms with Gasteiger partial charge in [-0.1, -0.05) is 59.3 Å². The van der Waals surface area contributed by atoms with E-state index in [1.165, 1.54) is 20.9 Å². The summed E-state index contributed by atoms with van der Waals surface area (Å²) in [4.78, 5) is 14.9. The highest BCUT2D eigenvalue weighted by atomic mass is 127. The molecule has 0 aliphatic carbocycles. The summed E-state index contributed by atoms with van der Waals surface area (Å²) in [5, 5.41) is 3.49. The lowest BCUT2D eigenvalue weighted by atomic mass is 10.2. The Hall–Kier alpha value is -1.50. The van der Waals surface area contributed by atoms with E-state index in [4.69, 9.17) is 5.53 Å². The molecule has 0 fully saturated rings. The Morgan fingerprint density at radius 3 is 2.67 bits per heavy atom. The predicted octanol–water partition coefficient (Wildman–Crippen LogP) is 5.35. The highest BCUT2D eigenvalue weighted by molar-refractivity contribution is 14.1. The van der Waals surface area contributed by atoms with E-state index >= 15 is 0 Å². The van der Waals surface area contributed by atoms with Gasteiger partial charge in [-0.15, -0.1) is 0 Å². The number of carbonyl (C=O) groups excluding carboxylic acids is 1. The summed E-state index contributed by atoms with van der Waals surface area (Å²) in [7, 11) is 0. The molecule has 0 radical (unpaired) electrons. The molecule has 0 atom stereocenters. The standard InChI is InChI=1S/C15H12IN3OS/c16-13-7-3-1-5-11(13)9-10-21-15(20)12-6-2-4-8-14(12)18-19-17/h1-8H,9-10H2. The van der Waals surface area contributed by atoms with Gasteiger partial charge in [-0.05, 0) is 46.2 Å². The Bertz CT molecular complexity index is 699. The van der Waals surface area contributed by atoms with E-state index in [-0.39, 0.29) is 5.12 Å². The number of benzene rings is 2. The van der Waals surface area contributed by atoms with E-state index in [9.17, 15) is 4.79 Å². The molecular formula is C15H12IN3OS. The summed E-state index contributed by atoms with van der Waals surface area (Å²) in [5.41, 5.74) is 10.6. The van der Waals surface area contributed by atoms with Crippen molar-refractivity contribution in [1.29, 1.82) is 0 Å². The summed E-state index contributed by atoms with van der Waals surface area (Å²) in [5.74, 6) is 0.698. The zero-order valence-electron chi connectivity index (χ0n) is 11.1. The number of rotatable bonds is 5. The third kappa shape index (κ3) is 4.49. The van der Waals surface area contributed by atoms with Crippen LogP contribution in [0.5, 0.6) is 0 Å². The fraction of sp³-hybridized carbons (Fsp3) is 0.133. The van der Waals surface area contributed by atoms with Gasteiger partial charge < -0.3 is 0 Å². The van der Waals surface area contributed by atoms with Crippen LogP contribution in [0, 0.1) is 3.57 Å². The molecule has 2 rings (SSSR count). The van der Waals surface area contributed by atoms with Crippen molar-refractivity contribution in [3.63, 3.8) is 0 Å². The Labute approximate surface area is 140 Å². The Morgan fingerprint density at radius 2 is 1.90 bits per heavy atom. The average Bonchev–Trinajstić information content (AvgIpc) is 2.50. The minimum absolute atomic E-state index is 0.0658. The van der Waals surface area contributed by atoms with E-state index in [0.717, 1.165) is 6.42 Å². The Kier molecular flexibility index (Phi) is 6.10. The SMILES string of the molecule is [N-]=[N+]=Nc1ccccc1C(=O)SCCc1ccccc1I. The van der Waals surface area contributed by atoms with Gasteiger partial charge in [-0.2, -0.15) is 0 Å². The maximum atomic E-state index is 12.2. The van der Waals surface area contributed by atoms with E-state index < -0.39 is 0 Å². The number of nitrogens with zero attached hydrogens (tertiary/aromatic N) is 3. The van der Waals surface area contributed by atoms with Crippen LogP contribution in [0.1, 0.15) is 15.9 Å². The van der Waals surface area contributed by atoms with Crippen LogP contribution in [0.3, 0.4) is 0 Å². The number of azide groups is 1. The van der Waals surface area contributed by atoms with Gasteiger partial charge in [0.2, 0.25) is 5.12 Å². The molecule has 2 aromatic rings. The molecule has 4 nitrogen and oxygen atoms in total. The molecule has 106 valence electrons. The molecule has 0 N–H and O–H groups in total. The van der Waals surface area contributed by atoms with Crippen LogP contribution in [0.4, 0.5) is 5.69 Å². The van der Waals surface area contributed by atoms with Crippen LogP contribution in [-0.4, -0.2) is 10.9 Å². The van der Waals surface area contributed by atoms with Crippen LogP contribution in [-0.2, 0) is 6.42 Å². The molecule has 0 saturated carbocycles. The molecule has 0 aliphatic heterocycles. The first-order valence-corrected chi connectivity index (χ1v) is 8.33. The summed E-state index contributed by atoms with van der Waals surface area (Å²) < 4.78 is 1.21. The van der Waals surface area contributed by atoms with Crippen LogP contribution in [0.25, 0.3) is 10.4 Å². The largest absolute Gasteiger partial charge is 0.282 e. The molecule has 0 saturated heterocycles. The van der Waals surface area contributed by atoms with Crippen LogP contribution < -0.4 is 0 Å². The van der Waals surface area contributed by atoms with Gasteiger partial charge in [0, 0.05) is 25.5 Å². The first-order chi connectivity index (χ1) is 10.2. The van der Waals surface area contributed by atoms with Crippen molar-refractivity contribution in [1.82, 2.24) is 0 Å². The molecule has 0 spiro atoms. The lowest BCUT2D eigenvalue weighted by Crippen LogP contribution is -1.98. The minimum atomic E-state index is -0.0658. The van der Waals surface area contributed by atoms with Gasteiger partial charge in [0.1, 0.15) is 0 Å².